The maximum Gasteiger partial charge on any atom is 0.0594 e. The summed E-state index contributed by atoms with van der Waals surface area (Å²) < 4.78 is 0. The predicted octanol–water partition coefficient (Wildman–Crippen LogP) is 3.99. The molecule has 0 amide bonds. The molecule has 0 unspecified atom stereocenters. The van der Waals surface area contributed by atoms with Crippen LogP contribution in [-0.4, -0.2) is 24.6 Å². The molecule has 0 nitrogen and oxygen atoms in total. The lowest BCUT2D eigenvalue weighted by Crippen LogP contribution is -3.00. The van der Waals surface area contributed by atoms with Crippen LogP contribution in [0.3, 0.4) is 0 Å². The van der Waals surface area contributed by atoms with Gasteiger partial charge in [-0.1, -0.05) is 66.2 Å². The van der Waals surface area contributed by atoms with Crippen molar-refractivity contribution in [1.29, 1.82) is 0 Å². The standard InChI is InChI=1S/C18H40P.BrH/c1-5-9-12-16-19(15-8-4,17-13-10-6-2)18-14-11-7-3;/h5-18H2,1-4H3;1H/q+1;/p-1. The van der Waals surface area contributed by atoms with Gasteiger partial charge >= 0.3 is 0 Å². The summed E-state index contributed by atoms with van der Waals surface area (Å²) in [5.74, 6) is 0. The van der Waals surface area contributed by atoms with E-state index in [0.29, 0.717) is 0 Å². The summed E-state index contributed by atoms with van der Waals surface area (Å²) in [6.45, 7) is 9.44. The second-order valence-corrected chi connectivity index (χ2v) is 10.8. The highest BCUT2D eigenvalue weighted by Gasteiger charge is 2.34. The molecule has 0 bridgehead atoms. The number of hydrogen-bond acceptors (Lipinski definition) is 0. The fraction of sp³-hybridized carbons (Fsp3) is 1.00. The third-order valence-electron chi connectivity index (χ3n) is 4.41. The third-order valence-corrected chi connectivity index (χ3v) is 9.60. The van der Waals surface area contributed by atoms with Gasteiger partial charge in [-0.3, -0.25) is 0 Å². The molecular formula is C18H40BrP. The van der Waals surface area contributed by atoms with Crippen LogP contribution in [0, 0.1) is 0 Å². The molecule has 0 aliphatic heterocycles. The smallest absolute Gasteiger partial charge is 0.0594 e. The zero-order valence-electron chi connectivity index (χ0n) is 14.7. The van der Waals surface area contributed by atoms with Crippen molar-refractivity contribution < 1.29 is 17.0 Å². The van der Waals surface area contributed by atoms with E-state index in [0.717, 1.165) is 0 Å². The Balaban J connectivity index is 0. The van der Waals surface area contributed by atoms with E-state index in [2.05, 4.69) is 27.7 Å². The number of hydrogen-bond donors (Lipinski definition) is 0. The van der Waals surface area contributed by atoms with Crippen LogP contribution in [0.5, 0.6) is 0 Å². The minimum absolute atomic E-state index is 0. The van der Waals surface area contributed by atoms with Crippen molar-refractivity contribution in [1.82, 2.24) is 0 Å². The first kappa shape index (κ1) is 23.2. The zero-order valence-corrected chi connectivity index (χ0v) is 17.2. The predicted molar refractivity (Wildman–Crippen MR) is 95.3 cm³/mol. The highest BCUT2D eigenvalue weighted by Crippen LogP contribution is 2.61. The minimum atomic E-state index is -0.585. The average molecular weight is 367 g/mol. The van der Waals surface area contributed by atoms with Crippen molar-refractivity contribution in [3.05, 3.63) is 0 Å². The van der Waals surface area contributed by atoms with Crippen LogP contribution >= 0.6 is 7.26 Å². The van der Waals surface area contributed by atoms with Crippen LogP contribution in [-0.2, 0) is 0 Å². The van der Waals surface area contributed by atoms with Crippen molar-refractivity contribution >= 4 is 7.26 Å². The zero-order chi connectivity index (χ0) is 14.4. The quantitative estimate of drug-likeness (QED) is 0.322. The fourth-order valence-corrected chi connectivity index (χ4v) is 8.21. The second-order valence-electron chi connectivity index (χ2n) is 6.36. The van der Waals surface area contributed by atoms with Gasteiger partial charge in [0.2, 0.25) is 0 Å². The Morgan fingerprint density at radius 3 is 1.05 bits per heavy atom. The van der Waals surface area contributed by atoms with Crippen LogP contribution in [0.4, 0.5) is 0 Å². The number of rotatable bonds is 14. The molecule has 2 heteroatoms. The molecule has 0 saturated carbocycles. The summed E-state index contributed by atoms with van der Waals surface area (Å²) in [4.78, 5) is 0. The molecule has 0 aliphatic carbocycles. The Morgan fingerprint density at radius 2 is 0.800 bits per heavy atom. The van der Waals surface area contributed by atoms with Crippen molar-refractivity contribution in [2.45, 2.75) is 91.9 Å². The van der Waals surface area contributed by atoms with Gasteiger partial charge in [-0.25, -0.2) is 0 Å². The molecule has 0 aliphatic rings. The summed E-state index contributed by atoms with van der Waals surface area (Å²) in [7, 11) is -0.585. The van der Waals surface area contributed by atoms with E-state index in [-0.39, 0.29) is 17.0 Å². The highest BCUT2D eigenvalue weighted by molar-refractivity contribution is 7.75. The third kappa shape index (κ3) is 11.6. The van der Waals surface area contributed by atoms with Crippen LogP contribution in [0.1, 0.15) is 91.9 Å². The van der Waals surface area contributed by atoms with Gasteiger partial charge in [-0.05, 0) is 25.7 Å². The molecule has 0 rings (SSSR count). The molecule has 0 atom stereocenters. The van der Waals surface area contributed by atoms with Crippen molar-refractivity contribution in [3.8, 4) is 0 Å². The van der Waals surface area contributed by atoms with Crippen LogP contribution < -0.4 is 17.0 Å². The highest BCUT2D eigenvalue weighted by atomic mass is 79.9. The van der Waals surface area contributed by atoms with E-state index in [1.165, 1.54) is 64.2 Å². The second kappa shape index (κ2) is 16.3. The fourth-order valence-electron chi connectivity index (χ4n) is 3.24. The normalized spacial score (nSPS) is 11.4. The molecule has 0 aromatic rings. The summed E-state index contributed by atoms with van der Waals surface area (Å²) in [5, 5.41) is 0. The first-order valence-corrected chi connectivity index (χ1v) is 11.6. The largest absolute Gasteiger partial charge is 1.00 e. The van der Waals surface area contributed by atoms with Crippen molar-refractivity contribution in [2.75, 3.05) is 24.6 Å². The Kier molecular flexibility index (Phi) is 18.9. The Hall–Kier alpha value is 0.910. The van der Waals surface area contributed by atoms with E-state index in [1.807, 2.05) is 0 Å². The molecule has 0 fully saturated rings. The van der Waals surface area contributed by atoms with Crippen LogP contribution in [0.15, 0.2) is 0 Å². The monoisotopic (exact) mass is 366 g/mol. The summed E-state index contributed by atoms with van der Waals surface area (Å²) in [6.07, 6.45) is 21.0. The van der Waals surface area contributed by atoms with Gasteiger partial charge in [-0.2, -0.15) is 0 Å². The summed E-state index contributed by atoms with van der Waals surface area (Å²) in [6, 6.07) is 0. The lowest BCUT2D eigenvalue weighted by molar-refractivity contribution is -0.00000449. The topological polar surface area (TPSA) is 0 Å². The Bertz CT molecular complexity index is 156. The van der Waals surface area contributed by atoms with Gasteiger partial charge in [-0.15, -0.1) is 0 Å². The summed E-state index contributed by atoms with van der Waals surface area (Å²) in [5.41, 5.74) is 0. The van der Waals surface area contributed by atoms with Crippen molar-refractivity contribution in [3.63, 3.8) is 0 Å². The molecule has 0 saturated heterocycles. The molecule has 0 aromatic carbocycles. The van der Waals surface area contributed by atoms with Gasteiger partial charge in [0, 0.05) is 7.26 Å². The van der Waals surface area contributed by atoms with E-state index in [9.17, 15) is 0 Å². The number of unbranched alkanes of at least 4 members (excludes halogenated alkanes) is 6. The molecule has 0 N–H and O–H groups in total. The Morgan fingerprint density at radius 1 is 0.450 bits per heavy atom. The lowest BCUT2D eigenvalue weighted by atomic mass is 10.3. The molecule has 0 radical (unpaired) electrons. The van der Waals surface area contributed by atoms with Gasteiger partial charge in [0.05, 0.1) is 24.6 Å². The van der Waals surface area contributed by atoms with E-state index >= 15 is 0 Å². The van der Waals surface area contributed by atoms with Crippen molar-refractivity contribution in [2.24, 2.45) is 0 Å². The van der Waals surface area contributed by atoms with Gasteiger partial charge in [0.15, 0.2) is 0 Å². The molecule has 0 aromatic heterocycles. The van der Waals surface area contributed by atoms with Gasteiger partial charge in [0.25, 0.3) is 0 Å². The van der Waals surface area contributed by atoms with E-state index in [4.69, 9.17) is 0 Å². The maximum absolute atomic E-state index is 2.41. The molecule has 124 valence electrons. The molecule has 0 heterocycles. The summed E-state index contributed by atoms with van der Waals surface area (Å²) >= 11 is 0. The Labute approximate surface area is 141 Å². The molecule has 20 heavy (non-hydrogen) atoms. The SMILES string of the molecule is CCCCC[P+](CCC)(CCCCC)CCCCC.[Br-]. The van der Waals surface area contributed by atoms with Crippen LogP contribution in [0.25, 0.3) is 0 Å². The first-order chi connectivity index (χ1) is 9.24. The van der Waals surface area contributed by atoms with Gasteiger partial charge < -0.3 is 17.0 Å². The first-order valence-electron chi connectivity index (χ1n) is 9.09. The lowest BCUT2D eigenvalue weighted by Gasteiger charge is -2.28. The van der Waals surface area contributed by atoms with E-state index < -0.39 is 7.26 Å². The average Bonchev–Trinajstić information content (AvgIpc) is 2.40. The molecular weight excluding hydrogens is 327 g/mol. The van der Waals surface area contributed by atoms with Crippen LogP contribution in [0.2, 0.25) is 0 Å². The minimum Gasteiger partial charge on any atom is -1.00 e. The van der Waals surface area contributed by atoms with E-state index in [1.54, 1.807) is 24.6 Å². The van der Waals surface area contributed by atoms with Gasteiger partial charge in [0.1, 0.15) is 0 Å². The molecule has 0 spiro atoms. The maximum atomic E-state index is 2.41. The number of halogens is 1.